The Kier molecular flexibility index (Phi) is 4.84. The lowest BCUT2D eigenvalue weighted by molar-refractivity contribution is -0.136. The molecule has 1 unspecified atom stereocenters. The first-order valence-electron chi connectivity index (χ1n) is 5.80. The van der Waals surface area contributed by atoms with Crippen LogP contribution in [0.1, 0.15) is 20.3 Å². The fourth-order valence-corrected chi connectivity index (χ4v) is 2.49. The van der Waals surface area contributed by atoms with E-state index in [1.54, 1.807) is 0 Å². The summed E-state index contributed by atoms with van der Waals surface area (Å²) >= 11 is 0. The molecule has 1 rings (SSSR count). The van der Waals surface area contributed by atoms with Gasteiger partial charge in [-0.1, -0.05) is 6.92 Å². The number of alkyl halides is 3. The summed E-state index contributed by atoms with van der Waals surface area (Å²) in [5.74, 6) is -0.00967. The van der Waals surface area contributed by atoms with Crippen LogP contribution < -0.4 is 5.32 Å². The molecule has 0 heterocycles. The number of rotatable bonds is 5. The second-order valence-electron chi connectivity index (χ2n) is 4.29. The Balaban J connectivity index is 2.73. The van der Waals surface area contributed by atoms with E-state index in [-0.39, 0.29) is 10.6 Å². The monoisotopic (exact) mass is 295 g/mol. The predicted octanol–water partition coefficient (Wildman–Crippen LogP) is 3.23. The summed E-state index contributed by atoms with van der Waals surface area (Å²) in [5.41, 5.74) is 0.465. The lowest BCUT2D eigenvalue weighted by Crippen LogP contribution is -2.23. The van der Waals surface area contributed by atoms with Gasteiger partial charge in [-0.25, -0.2) is 8.42 Å². The Morgan fingerprint density at radius 1 is 1.21 bits per heavy atom. The van der Waals surface area contributed by atoms with Crippen LogP contribution in [-0.2, 0) is 9.84 Å². The molecule has 0 aliphatic rings. The zero-order valence-electron chi connectivity index (χ0n) is 10.7. The van der Waals surface area contributed by atoms with Crippen molar-refractivity contribution in [3.8, 4) is 0 Å². The number of nitrogens with one attached hydrogen (secondary N) is 1. The van der Waals surface area contributed by atoms with Gasteiger partial charge in [0.05, 0.1) is 17.1 Å². The lowest BCUT2D eigenvalue weighted by atomic mass is 10.2. The third-order valence-corrected chi connectivity index (χ3v) is 4.29. The van der Waals surface area contributed by atoms with Gasteiger partial charge in [0.2, 0.25) is 0 Å². The van der Waals surface area contributed by atoms with Gasteiger partial charge < -0.3 is 5.32 Å². The largest absolute Gasteiger partial charge is 0.391 e. The molecule has 0 aliphatic heterocycles. The third kappa shape index (κ3) is 5.10. The molecule has 1 N–H and O–H groups in total. The first-order chi connectivity index (χ1) is 8.64. The lowest BCUT2D eigenvalue weighted by Gasteiger charge is -2.17. The van der Waals surface area contributed by atoms with Crippen LogP contribution in [0.25, 0.3) is 0 Å². The summed E-state index contributed by atoms with van der Waals surface area (Å²) in [6.45, 7) is 2.96. The van der Waals surface area contributed by atoms with E-state index in [2.05, 4.69) is 5.32 Å². The van der Waals surface area contributed by atoms with Gasteiger partial charge in [0.15, 0.2) is 9.84 Å². The SMILES string of the molecule is CCS(=O)(=O)c1ccc(NC(C)CC(F)(F)F)cc1. The summed E-state index contributed by atoms with van der Waals surface area (Å²) in [4.78, 5) is 0.170. The summed E-state index contributed by atoms with van der Waals surface area (Å²) in [7, 11) is -3.28. The van der Waals surface area contributed by atoms with E-state index in [9.17, 15) is 21.6 Å². The molecule has 0 spiro atoms. The van der Waals surface area contributed by atoms with Gasteiger partial charge in [-0.2, -0.15) is 13.2 Å². The fourth-order valence-electron chi connectivity index (χ4n) is 1.61. The molecule has 0 bridgehead atoms. The fraction of sp³-hybridized carbons (Fsp3) is 0.500. The van der Waals surface area contributed by atoms with Crippen molar-refractivity contribution in [2.75, 3.05) is 11.1 Å². The number of anilines is 1. The number of sulfone groups is 1. The Bertz CT molecular complexity index is 509. The second kappa shape index (κ2) is 5.81. The van der Waals surface area contributed by atoms with E-state index >= 15 is 0 Å². The van der Waals surface area contributed by atoms with Crippen LogP contribution in [0, 0.1) is 0 Å². The Morgan fingerprint density at radius 3 is 2.16 bits per heavy atom. The molecule has 3 nitrogen and oxygen atoms in total. The van der Waals surface area contributed by atoms with Gasteiger partial charge in [-0.05, 0) is 31.2 Å². The molecule has 1 aromatic rings. The van der Waals surface area contributed by atoms with Crippen molar-refractivity contribution in [1.29, 1.82) is 0 Å². The average molecular weight is 295 g/mol. The van der Waals surface area contributed by atoms with Gasteiger partial charge in [0, 0.05) is 11.7 Å². The zero-order chi connectivity index (χ0) is 14.7. The number of hydrogen-bond acceptors (Lipinski definition) is 3. The maximum absolute atomic E-state index is 12.2. The molecular formula is C12H16F3NO2S. The molecule has 0 saturated heterocycles. The molecule has 108 valence electrons. The molecule has 19 heavy (non-hydrogen) atoms. The van der Waals surface area contributed by atoms with E-state index in [0.29, 0.717) is 5.69 Å². The molecule has 0 radical (unpaired) electrons. The quantitative estimate of drug-likeness (QED) is 0.907. The predicted molar refractivity (Wildman–Crippen MR) is 67.9 cm³/mol. The van der Waals surface area contributed by atoms with Crippen molar-refractivity contribution in [2.24, 2.45) is 0 Å². The molecule has 0 amide bonds. The van der Waals surface area contributed by atoms with Gasteiger partial charge in [0.25, 0.3) is 0 Å². The smallest absolute Gasteiger partial charge is 0.382 e. The highest BCUT2D eigenvalue weighted by Crippen LogP contribution is 2.23. The molecule has 0 aliphatic carbocycles. The van der Waals surface area contributed by atoms with Crippen molar-refractivity contribution in [3.05, 3.63) is 24.3 Å². The van der Waals surface area contributed by atoms with E-state index in [1.165, 1.54) is 38.1 Å². The number of benzene rings is 1. The molecule has 0 saturated carbocycles. The van der Waals surface area contributed by atoms with Crippen molar-refractivity contribution >= 4 is 15.5 Å². The molecule has 7 heteroatoms. The van der Waals surface area contributed by atoms with Crippen LogP contribution in [0.15, 0.2) is 29.2 Å². The highest BCUT2D eigenvalue weighted by atomic mass is 32.2. The van der Waals surface area contributed by atoms with Crippen LogP contribution in [0.3, 0.4) is 0 Å². The van der Waals surface area contributed by atoms with E-state index in [0.717, 1.165) is 0 Å². The van der Waals surface area contributed by atoms with E-state index in [1.807, 2.05) is 0 Å². The maximum atomic E-state index is 12.2. The Morgan fingerprint density at radius 2 is 1.74 bits per heavy atom. The first-order valence-corrected chi connectivity index (χ1v) is 7.45. The summed E-state index contributed by atoms with van der Waals surface area (Å²) in [5, 5.41) is 2.68. The highest BCUT2D eigenvalue weighted by Gasteiger charge is 2.29. The number of halogens is 3. The molecular weight excluding hydrogens is 279 g/mol. The normalized spacial score (nSPS) is 14.2. The van der Waals surface area contributed by atoms with Gasteiger partial charge in [-0.15, -0.1) is 0 Å². The Labute approximate surface area is 110 Å². The molecule has 1 aromatic carbocycles. The van der Waals surface area contributed by atoms with Gasteiger partial charge in [0.1, 0.15) is 0 Å². The second-order valence-corrected chi connectivity index (χ2v) is 6.57. The van der Waals surface area contributed by atoms with E-state index < -0.39 is 28.5 Å². The van der Waals surface area contributed by atoms with Crippen LogP contribution in [0.2, 0.25) is 0 Å². The van der Waals surface area contributed by atoms with Crippen LogP contribution in [0.5, 0.6) is 0 Å². The molecule has 0 aromatic heterocycles. The number of hydrogen-bond donors (Lipinski definition) is 1. The molecule has 1 atom stereocenters. The van der Waals surface area contributed by atoms with Crippen LogP contribution in [0.4, 0.5) is 18.9 Å². The summed E-state index contributed by atoms with van der Waals surface area (Å²) < 4.78 is 59.6. The van der Waals surface area contributed by atoms with Gasteiger partial charge >= 0.3 is 6.18 Å². The minimum atomic E-state index is -4.22. The van der Waals surface area contributed by atoms with Crippen molar-refractivity contribution < 1.29 is 21.6 Å². The topological polar surface area (TPSA) is 46.2 Å². The standard InChI is InChI=1S/C12H16F3NO2S/c1-3-19(17,18)11-6-4-10(5-7-11)16-9(2)8-12(13,14)15/h4-7,9,16H,3,8H2,1-2H3. The Hall–Kier alpha value is -1.24. The zero-order valence-corrected chi connectivity index (χ0v) is 11.5. The molecule has 0 fully saturated rings. The van der Waals surface area contributed by atoms with Crippen molar-refractivity contribution in [2.45, 2.75) is 37.4 Å². The minimum absolute atomic E-state index is 0.00967. The van der Waals surface area contributed by atoms with Gasteiger partial charge in [-0.3, -0.25) is 0 Å². The highest BCUT2D eigenvalue weighted by molar-refractivity contribution is 7.91. The first kappa shape index (κ1) is 15.8. The summed E-state index contributed by atoms with van der Waals surface area (Å²) in [6, 6.07) is 4.95. The third-order valence-electron chi connectivity index (χ3n) is 2.54. The minimum Gasteiger partial charge on any atom is -0.382 e. The van der Waals surface area contributed by atoms with E-state index in [4.69, 9.17) is 0 Å². The average Bonchev–Trinajstić information content (AvgIpc) is 2.27. The van der Waals surface area contributed by atoms with Crippen molar-refractivity contribution in [1.82, 2.24) is 0 Å². The van der Waals surface area contributed by atoms with Crippen LogP contribution >= 0.6 is 0 Å². The van der Waals surface area contributed by atoms with Crippen LogP contribution in [-0.4, -0.2) is 26.4 Å². The maximum Gasteiger partial charge on any atom is 0.391 e. The summed E-state index contributed by atoms with van der Waals surface area (Å²) in [6.07, 6.45) is -5.17. The van der Waals surface area contributed by atoms with Crippen molar-refractivity contribution in [3.63, 3.8) is 0 Å².